The number of hydrogen-bond donors (Lipinski definition) is 0. The summed E-state index contributed by atoms with van der Waals surface area (Å²) in [4.78, 5) is 7.65. The number of oxazole rings is 1. The summed E-state index contributed by atoms with van der Waals surface area (Å²) in [5.74, 6) is -1.09. The molecule has 0 saturated carbocycles. The highest BCUT2D eigenvalue weighted by atomic mass is 35.5. The molecule has 166 valence electrons. The smallest absolute Gasteiger partial charge is 0.434 e. The SMILES string of the molecule is Fc1cccc(Cl)c1-c1noc(-c2cnn(-c3cccnc3)c2C(F)(F)F)c1-c1cnco1. The molecule has 0 N–H and O–H groups in total. The number of rotatable bonds is 4. The molecule has 0 saturated heterocycles. The van der Waals surface area contributed by atoms with E-state index >= 15 is 0 Å². The van der Waals surface area contributed by atoms with Crippen molar-refractivity contribution < 1.29 is 26.5 Å². The van der Waals surface area contributed by atoms with E-state index in [-0.39, 0.29) is 39.1 Å². The molecule has 0 unspecified atom stereocenters. The summed E-state index contributed by atoms with van der Waals surface area (Å²) >= 11 is 6.17. The molecular formula is C21H10ClF4N5O2. The number of hydrogen-bond acceptors (Lipinski definition) is 6. The Kier molecular flexibility index (Phi) is 4.97. The summed E-state index contributed by atoms with van der Waals surface area (Å²) in [5, 5.41) is 7.72. The van der Waals surface area contributed by atoms with Gasteiger partial charge in [0.05, 0.1) is 46.0 Å². The number of halogens is 5. The molecule has 5 rings (SSSR count). The van der Waals surface area contributed by atoms with Crippen LogP contribution in [-0.4, -0.2) is 24.9 Å². The van der Waals surface area contributed by atoms with Crippen LogP contribution in [0.5, 0.6) is 0 Å². The first-order valence-electron chi connectivity index (χ1n) is 9.25. The second kappa shape index (κ2) is 7.85. The highest BCUT2D eigenvalue weighted by molar-refractivity contribution is 6.33. The Morgan fingerprint density at radius 3 is 2.48 bits per heavy atom. The summed E-state index contributed by atoms with van der Waals surface area (Å²) in [6, 6.07) is 6.84. The van der Waals surface area contributed by atoms with E-state index in [1.54, 1.807) is 0 Å². The molecule has 0 aliphatic rings. The highest BCUT2D eigenvalue weighted by Crippen LogP contribution is 2.46. The fourth-order valence-corrected chi connectivity index (χ4v) is 3.65. The molecule has 0 aliphatic carbocycles. The van der Waals surface area contributed by atoms with E-state index in [1.165, 1.54) is 42.9 Å². The lowest BCUT2D eigenvalue weighted by Gasteiger charge is -2.12. The Bertz CT molecular complexity index is 1410. The quantitative estimate of drug-likeness (QED) is 0.294. The van der Waals surface area contributed by atoms with Crippen LogP contribution in [0, 0.1) is 5.82 Å². The largest absolute Gasteiger partial charge is 0.443 e. The Hall–Kier alpha value is -3.99. The van der Waals surface area contributed by atoms with Crippen molar-refractivity contribution in [2.24, 2.45) is 0 Å². The van der Waals surface area contributed by atoms with E-state index in [1.807, 2.05) is 0 Å². The summed E-state index contributed by atoms with van der Waals surface area (Å²) in [7, 11) is 0. The molecule has 4 aromatic heterocycles. The molecular weight excluding hydrogens is 466 g/mol. The summed E-state index contributed by atoms with van der Waals surface area (Å²) in [6.07, 6.45) is 1.10. The monoisotopic (exact) mass is 475 g/mol. The van der Waals surface area contributed by atoms with Gasteiger partial charge in [-0.1, -0.05) is 22.8 Å². The lowest BCUT2D eigenvalue weighted by atomic mass is 10.0. The average molecular weight is 476 g/mol. The van der Waals surface area contributed by atoms with Crippen LogP contribution < -0.4 is 0 Å². The van der Waals surface area contributed by atoms with Gasteiger partial charge in [0.25, 0.3) is 0 Å². The number of aromatic nitrogens is 5. The molecule has 0 atom stereocenters. The van der Waals surface area contributed by atoms with Gasteiger partial charge in [-0.3, -0.25) is 4.98 Å². The Balaban J connectivity index is 1.80. The van der Waals surface area contributed by atoms with Gasteiger partial charge in [-0.15, -0.1) is 0 Å². The molecule has 0 bridgehead atoms. The molecule has 0 radical (unpaired) electrons. The molecule has 0 amide bonds. The molecule has 0 fully saturated rings. The maximum atomic E-state index is 14.6. The Morgan fingerprint density at radius 2 is 1.82 bits per heavy atom. The predicted octanol–water partition coefficient (Wildman–Crippen LogP) is 6.06. The van der Waals surface area contributed by atoms with E-state index in [4.69, 9.17) is 20.5 Å². The van der Waals surface area contributed by atoms with Crippen molar-refractivity contribution in [3.63, 3.8) is 0 Å². The fourth-order valence-electron chi connectivity index (χ4n) is 3.40. The van der Waals surface area contributed by atoms with Gasteiger partial charge >= 0.3 is 6.18 Å². The molecule has 7 nitrogen and oxygen atoms in total. The molecule has 0 aliphatic heterocycles. The average Bonchev–Trinajstić information content (AvgIpc) is 3.52. The van der Waals surface area contributed by atoms with Gasteiger partial charge in [-0.05, 0) is 24.3 Å². The van der Waals surface area contributed by atoms with Gasteiger partial charge in [0, 0.05) is 6.20 Å². The third kappa shape index (κ3) is 3.55. The van der Waals surface area contributed by atoms with E-state index in [9.17, 15) is 17.6 Å². The second-order valence-electron chi connectivity index (χ2n) is 6.73. The van der Waals surface area contributed by atoms with Crippen LogP contribution in [0.1, 0.15) is 5.69 Å². The molecule has 0 spiro atoms. The minimum absolute atomic E-state index is 0.00261. The zero-order valence-corrected chi connectivity index (χ0v) is 17.0. The molecule has 12 heteroatoms. The standard InChI is InChI=1S/C21H10ClF4N5O2/c22-13-4-1-5-14(23)16(13)18-17(15-9-28-10-32-15)19(33-30-18)12-8-29-31(20(12)21(24,25)26)11-3-2-6-27-7-11/h1-10H. The summed E-state index contributed by atoms with van der Waals surface area (Å²) in [5.41, 5.74) is -1.87. The maximum Gasteiger partial charge on any atom is 0.434 e. The van der Waals surface area contributed by atoms with Crippen LogP contribution in [0.2, 0.25) is 5.02 Å². The van der Waals surface area contributed by atoms with E-state index in [2.05, 4.69) is 20.2 Å². The number of alkyl halides is 3. The minimum atomic E-state index is -4.84. The number of benzene rings is 1. The van der Waals surface area contributed by atoms with Crippen LogP contribution in [0.4, 0.5) is 17.6 Å². The Morgan fingerprint density at radius 1 is 0.970 bits per heavy atom. The normalized spacial score (nSPS) is 11.8. The van der Waals surface area contributed by atoms with E-state index < -0.39 is 23.3 Å². The van der Waals surface area contributed by atoms with Crippen molar-refractivity contribution in [1.29, 1.82) is 0 Å². The van der Waals surface area contributed by atoms with E-state index in [0.717, 1.165) is 18.7 Å². The molecule has 4 heterocycles. The molecule has 1 aromatic carbocycles. The third-order valence-electron chi connectivity index (χ3n) is 4.74. The Labute approximate surface area is 187 Å². The van der Waals surface area contributed by atoms with Crippen molar-refractivity contribution in [3.8, 4) is 39.6 Å². The van der Waals surface area contributed by atoms with Gasteiger partial charge < -0.3 is 8.94 Å². The fraction of sp³-hybridized carbons (Fsp3) is 0.0476. The summed E-state index contributed by atoms with van der Waals surface area (Å²) < 4.78 is 68.5. The van der Waals surface area contributed by atoms with Gasteiger partial charge in [0.15, 0.2) is 23.6 Å². The third-order valence-corrected chi connectivity index (χ3v) is 5.06. The highest BCUT2D eigenvalue weighted by Gasteiger charge is 2.41. The van der Waals surface area contributed by atoms with Crippen LogP contribution in [0.3, 0.4) is 0 Å². The first-order chi connectivity index (χ1) is 15.9. The predicted molar refractivity (Wildman–Crippen MR) is 108 cm³/mol. The summed E-state index contributed by atoms with van der Waals surface area (Å²) in [6.45, 7) is 0. The zero-order valence-electron chi connectivity index (χ0n) is 16.2. The topological polar surface area (TPSA) is 82.8 Å². The first-order valence-corrected chi connectivity index (χ1v) is 9.63. The number of pyridine rings is 1. The van der Waals surface area contributed by atoms with Crippen molar-refractivity contribution in [3.05, 3.63) is 78.0 Å². The van der Waals surface area contributed by atoms with Gasteiger partial charge in [-0.25, -0.2) is 14.1 Å². The minimum Gasteiger partial charge on any atom is -0.443 e. The lowest BCUT2D eigenvalue weighted by Crippen LogP contribution is -2.14. The van der Waals surface area contributed by atoms with Crippen molar-refractivity contribution in [2.75, 3.05) is 0 Å². The lowest BCUT2D eigenvalue weighted by molar-refractivity contribution is -0.142. The van der Waals surface area contributed by atoms with Crippen molar-refractivity contribution >= 4 is 11.6 Å². The zero-order chi connectivity index (χ0) is 23.2. The van der Waals surface area contributed by atoms with Crippen molar-refractivity contribution in [2.45, 2.75) is 6.18 Å². The van der Waals surface area contributed by atoms with Gasteiger partial charge in [0.2, 0.25) is 0 Å². The number of nitrogens with zero attached hydrogens (tertiary/aromatic N) is 5. The maximum absolute atomic E-state index is 14.6. The van der Waals surface area contributed by atoms with Gasteiger partial charge in [-0.2, -0.15) is 18.3 Å². The second-order valence-corrected chi connectivity index (χ2v) is 7.13. The van der Waals surface area contributed by atoms with Crippen LogP contribution in [0.25, 0.3) is 39.6 Å². The molecule has 33 heavy (non-hydrogen) atoms. The van der Waals surface area contributed by atoms with Crippen molar-refractivity contribution in [1.82, 2.24) is 24.9 Å². The van der Waals surface area contributed by atoms with Crippen LogP contribution in [0.15, 0.2) is 70.5 Å². The van der Waals surface area contributed by atoms with Crippen LogP contribution in [-0.2, 0) is 6.18 Å². The van der Waals surface area contributed by atoms with Gasteiger partial charge in [0.1, 0.15) is 11.5 Å². The molecule has 5 aromatic rings. The van der Waals surface area contributed by atoms with E-state index in [0.29, 0.717) is 4.68 Å². The first kappa shape index (κ1) is 20.9. The van der Waals surface area contributed by atoms with Crippen LogP contribution >= 0.6 is 11.6 Å².